The number of carbonyl (C=O) groups is 3. The van der Waals surface area contributed by atoms with Gasteiger partial charge in [0.1, 0.15) is 5.01 Å². The van der Waals surface area contributed by atoms with Crippen LogP contribution >= 0.6 is 11.3 Å². The number of ketones is 1. The third-order valence-electron chi connectivity index (χ3n) is 3.10. The highest BCUT2D eigenvalue weighted by molar-refractivity contribution is 7.09. The molecule has 0 saturated carbocycles. The van der Waals surface area contributed by atoms with E-state index in [1.54, 1.807) is 24.4 Å². The maximum absolute atomic E-state index is 12.1. The molecule has 2 rings (SSSR count). The van der Waals surface area contributed by atoms with Crippen molar-refractivity contribution in [3.05, 3.63) is 45.9 Å². The maximum Gasteiger partial charge on any atom is 0.338 e. The molecule has 0 bridgehead atoms. The number of amides is 1. The number of anilines is 1. The van der Waals surface area contributed by atoms with Crippen molar-refractivity contribution in [3.8, 4) is 6.07 Å². The fraction of sp³-hybridized carbons (Fsp3) is 0.235. The van der Waals surface area contributed by atoms with E-state index in [1.807, 2.05) is 6.07 Å². The predicted octanol–water partition coefficient (Wildman–Crippen LogP) is 2.44. The molecule has 0 aliphatic rings. The lowest BCUT2D eigenvalue weighted by Crippen LogP contribution is -2.20. The van der Waals surface area contributed by atoms with Crippen LogP contribution in [0.5, 0.6) is 0 Å². The summed E-state index contributed by atoms with van der Waals surface area (Å²) < 4.78 is 4.99. The number of rotatable bonds is 6. The Bertz CT molecular complexity index is 854. The normalized spacial score (nSPS) is 11.2. The van der Waals surface area contributed by atoms with Gasteiger partial charge in [-0.25, -0.2) is 9.78 Å². The largest absolute Gasteiger partial charge is 0.454 e. The summed E-state index contributed by atoms with van der Waals surface area (Å²) >= 11 is 1.21. The molecule has 1 aromatic heterocycles. The van der Waals surface area contributed by atoms with Gasteiger partial charge in [-0.3, -0.25) is 9.59 Å². The highest BCUT2D eigenvalue weighted by Crippen LogP contribution is 2.21. The lowest BCUT2D eigenvalue weighted by atomic mass is 10.1. The Morgan fingerprint density at radius 2 is 2.16 bits per heavy atom. The summed E-state index contributed by atoms with van der Waals surface area (Å²) in [4.78, 5) is 39.4. The van der Waals surface area contributed by atoms with E-state index in [-0.39, 0.29) is 11.5 Å². The highest BCUT2D eigenvalue weighted by Gasteiger charge is 2.24. The van der Waals surface area contributed by atoms with Crippen molar-refractivity contribution in [1.29, 1.82) is 5.26 Å². The first-order valence-electron chi connectivity index (χ1n) is 7.30. The van der Waals surface area contributed by atoms with Crippen molar-refractivity contribution in [2.24, 2.45) is 0 Å². The van der Waals surface area contributed by atoms with Gasteiger partial charge in [-0.2, -0.15) is 5.26 Å². The fourth-order valence-electron chi connectivity index (χ4n) is 2.00. The average Bonchev–Trinajstić information content (AvgIpc) is 2.99. The molecule has 0 saturated heterocycles. The van der Waals surface area contributed by atoms with E-state index in [0.29, 0.717) is 10.7 Å². The van der Waals surface area contributed by atoms with Gasteiger partial charge in [0.05, 0.1) is 11.6 Å². The molecule has 0 radical (unpaired) electrons. The number of nitriles is 1. The van der Waals surface area contributed by atoms with E-state index in [4.69, 9.17) is 4.74 Å². The minimum atomic E-state index is -1.06. The lowest BCUT2D eigenvalue weighted by Gasteiger charge is -2.08. The minimum absolute atomic E-state index is 0.192. The van der Waals surface area contributed by atoms with E-state index in [0.717, 1.165) is 5.69 Å². The zero-order valence-electron chi connectivity index (χ0n) is 13.6. The van der Waals surface area contributed by atoms with Gasteiger partial charge in [0.15, 0.2) is 18.3 Å². The van der Waals surface area contributed by atoms with Crippen LogP contribution in [0, 0.1) is 18.3 Å². The van der Waals surface area contributed by atoms with E-state index >= 15 is 0 Å². The number of ether oxygens (including phenoxy) is 1. The van der Waals surface area contributed by atoms with E-state index in [1.165, 1.54) is 30.4 Å². The van der Waals surface area contributed by atoms with Crippen LogP contribution in [0.25, 0.3) is 0 Å². The second-order valence-electron chi connectivity index (χ2n) is 5.19. The topological polar surface area (TPSA) is 109 Å². The Hall–Kier alpha value is -3.05. The average molecular weight is 357 g/mol. The first-order valence-corrected chi connectivity index (χ1v) is 8.18. The second-order valence-corrected chi connectivity index (χ2v) is 6.08. The molecule has 1 unspecified atom stereocenters. The predicted molar refractivity (Wildman–Crippen MR) is 91.2 cm³/mol. The van der Waals surface area contributed by atoms with Crippen LogP contribution in [-0.2, 0) is 14.3 Å². The van der Waals surface area contributed by atoms with Gasteiger partial charge in [0.25, 0.3) is 0 Å². The molecule has 8 heteroatoms. The van der Waals surface area contributed by atoms with E-state index in [2.05, 4.69) is 10.3 Å². The Kier molecular flexibility index (Phi) is 5.98. The summed E-state index contributed by atoms with van der Waals surface area (Å²) in [7, 11) is 0. The molecule has 0 aliphatic carbocycles. The van der Waals surface area contributed by atoms with Crippen molar-refractivity contribution in [2.75, 3.05) is 11.9 Å². The third-order valence-corrected chi connectivity index (χ3v) is 4.13. The van der Waals surface area contributed by atoms with Gasteiger partial charge in [0.2, 0.25) is 5.91 Å². The molecule has 25 heavy (non-hydrogen) atoms. The fourth-order valence-corrected chi connectivity index (χ4v) is 2.86. The molecule has 7 nitrogen and oxygen atoms in total. The summed E-state index contributed by atoms with van der Waals surface area (Å²) in [6, 6.07) is 8.04. The summed E-state index contributed by atoms with van der Waals surface area (Å²) in [6.07, 6.45) is 0. The molecule has 1 atom stereocenters. The number of benzene rings is 1. The molecular formula is C17H15N3O4S. The van der Waals surface area contributed by atoms with Crippen molar-refractivity contribution in [1.82, 2.24) is 4.98 Å². The maximum atomic E-state index is 12.1. The number of esters is 1. The number of aryl methyl sites for hydroxylation is 1. The first-order chi connectivity index (χ1) is 11.9. The molecule has 1 N–H and O–H groups in total. The van der Waals surface area contributed by atoms with Gasteiger partial charge in [-0.05, 0) is 25.1 Å². The molecule has 128 valence electrons. The number of hydrogen-bond donors (Lipinski definition) is 1. The summed E-state index contributed by atoms with van der Waals surface area (Å²) in [5, 5.41) is 13.9. The smallest absolute Gasteiger partial charge is 0.338 e. The number of nitrogens with zero attached hydrogens (tertiary/aromatic N) is 2. The standard InChI is InChI=1S/C17H15N3O4S/c1-10-9-25-16(19-10)14(7-18)15(22)8-24-17(23)12-4-3-5-13(6-12)20-11(2)21/h3-6,9,14H,8H2,1-2H3,(H,20,21). The van der Waals surface area contributed by atoms with Crippen molar-refractivity contribution >= 4 is 34.7 Å². The van der Waals surface area contributed by atoms with Gasteiger partial charge in [0, 0.05) is 23.7 Å². The Labute approximate surface area is 148 Å². The Morgan fingerprint density at radius 3 is 2.76 bits per heavy atom. The van der Waals surface area contributed by atoms with Crippen molar-refractivity contribution in [3.63, 3.8) is 0 Å². The van der Waals surface area contributed by atoms with Gasteiger partial charge in [-0.15, -0.1) is 11.3 Å². The lowest BCUT2D eigenvalue weighted by molar-refractivity contribution is -0.122. The molecule has 1 amide bonds. The monoisotopic (exact) mass is 357 g/mol. The zero-order valence-corrected chi connectivity index (χ0v) is 14.4. The van der Waals surface area contributed by atoms with Crippen LogP contribution < -0.4 is 5.32 Å². The van der Waals surface area contributed by atoms with E-state index < -0.39 is 24.3 Å². The summed E-state index contributed by atoms with van der Waals surface area (Å²) in [5.41, 5.74) is 1.36. The van der Waals surface area contributed by atoms with Gasteiger partial charge in [-0.1, -0.05) is 6.07 Å². The first kappa shape index (κ1) is 18.3. The third kappa shape index (κ3) is 4.96. The minimum Gasteiger partial charge on any atom is -0.454 e. The number of thiazole rings is 1. The Balaban J connectivity index is 2.00. The Morgan fingerprint density at radius 1 is 1.40 bits per heavy atom. The number of nitrogens with one attached hydrogen (secondary N) is 1. The van der Waals surface area contributed by atoms with Crippen molar-refractivity contribution < 1.29 is 19.1 Å². The molecule has 0 aliphatic heterocycles. The summed E-state index contributed by atoms with van der Waals surface area (Å²) in [5.74, 6) is -2.58. The molecule has 2 aromatic rings. The van der Waals surface area contributed by atoms with Crippen LogP contribution in [0.15, 0.2) is 29.6 Å². The molecule has 1 aromatic carbocycles. The molecule has 0 spiro atoms. The van der Waals surface area contributed by atoms with Gasteiger partial charge < -0.3 is 10.1 Å². The highest BCUT2D eigenvalue weighted by atomic mass is 32.1. The quantitative estimate of drug-likeness (QED) is 0.795. The number of carbonyl (C=O) groups excluding carboxylic acids is 3. The number of Topliss-reactive ketones (excluding diaryl/α,β-unsaturated/α-hetero) is 1. The van der Waals surface area contributed by atoms with E-state index in [9.17, 15) is 19.6 Å². The van der Waals surface area contributed by atoms with Crippen LogP contribution in [-0.4, -0.2) is 29.3 Å². The second kappa shape index (κ2) is 8.17. The summed E-state index contributed by atoms with van der Waals surface area (Å²) in [6.45, 7) is 2.59. The SMILES string of the molecule is CC(=O)Nc1cccc(C(=O)OCC(=O)C(C#N)c2nc(C)cs2)c1. The van der Waals surface area contributed by atoms with Crippen molar-refractivity contribution in [2.45, 2.75) is 19.8 Å². The number of aromatic nitrogens is 1. The molecule has 1 heterocycles. The number of hydrogen-bond acceptors (Lipinski definition) is 7. The van der Waals surface area contributed by atoms with Crippen LogP contribution in [0.1, 0.15) is 33.9 Å². The van der Waals surface area contributed by atoms with Crippen LogP contribution in [0.4, 0.5) is 5.69 Å². The van der Waals surface area contributed by atoms with Crippen LogP contribution in [0.2, 0.25) is 0 Å². The molecule has 0 fully saturated rings. The van der Waals surface area contributed by atoms with Crippen LogP contribution in [0.3, 0.4) is 0 Å². The molecular weight excluding hydrogens is 342 g/mol. The zero-order chi connectivity index (χ0) is 18.4. The van der Waals surface area contributed by atoms with Gasteiger partial charge >= 0.3 is 5.97 Å².